The number of hydrogen-bond acceptors (Lipinski definition) is 24. The van der Waals surface area contributed by atoms with E-state index < -0.39 is 186 Å². The number of aliphatic hydroxyl groups is 1. The van der Waals surface area contributed by atoms with E-state index in [0.29, 0.717) is 42.8 Å². The summed E-state index contributed by atoms with van der Waals surface area (Å²) in [7, 11) is 6.76. The Kier molecular flexibility index (Phi) is 41.0. The standard InChI is InChI=1S/C24H21F4N3O6.C23H18F3N3O5.C14H14F3NO3.C12H14FN3O3.C7H2ClF3O.C7H13NO2.CH4/c1-3-36-23(34)16(22(33)15-7-18(26)19(27)8-17(15)25)10-30-21-5-4-13(6-20(21)28)31-11-14(37-24(31)35)9-29-12(2)32;1-11(30)16-10-29(21-7-18(25)17(24)6-15(21)22(16)32)20-4-3-13(5-19(20)26)28-9-14(34-23(28)33)8-27-12(2)31;1-4-21-14(20)9(7-18(2)3)13(19)8-5-11(16)12(17)6-10(8)15;1-7(17)15-5-9-6-16(12(18)19-9)8-2-3-11(14)10(13)4-8;8-7(12)3-1-5(10)6(11)2-4(3)9;1-4-10-7(9)5-6-8(2)3;/h4-8,10,14,33H,3,9,11H2,1-2H3,(H,29,32);3-7,10,14H,8-9H2,1-2H3,(H,27,31);5-7H,4H2,1-3H3;2-4,9H,5-6,14H2,1H3,(H,15,17);1-2H;5-6H,4H2,1-3H3;1H4/b;;9-7-;;;;. The summed E-state index contributed by atoms with van der Waals surface area (Å²) in [4.78, 5) is 161. The number of aliphatic imine (C=N–C) groups is 1. The molecule has 8 aromatic rings. The van der Waals surface area contributed by atoms with Gasteiger partial charge in [-0.3, -0.25) is 53.3 Å². The number of cyclic esters (lactones) is 3. The van der Waals surface area contributed by atoms with Gasteiger partial charge < -0.3 is 69.6 Å². The van der Waals surface area contributed by atoms with Gasteiger partial charge in [0.05, 0.1) is 121 Å². The van der Waals surface area contributed by atoms with Crippen LogP contribution >= 0.6 is 11.6 Å². The molecule has 0 radical (unpaired) electrons. The van der Waals surface area contributed by atoms with Crippen LogP contribution in [-0.4, -0.2) is 202 Å². The number of nitrogens with two attached hydrogens (primary N) is 1. The minimum absolute atomic E-state index is 0. The Balaban J connectivity index is 0.000000300. The second kappa shape index (κ2) is 50.3. The van der Waals surface area contributed by atoms with E-state index in [2.05, 4.69) is 25.7 Å². The van der Waals surface area contributed by atoms with Crippen LogP contribution in [0.5, 0.6) is 0 Å². The quantitative estimate of drug-likeness (QED) is 0.00288. The number of ether oxygens (including phenoxy) is 6. The van der Waals surface area contributed by atoms with Crippen LogP contribution in [0.3, 0.4) is 0 Å². The lowest BCUT2D eigenvalue weighted by Gasteiger charge is -2.17. The van der Waals surface area contributed by atoms with Crippen LogP contribution in [0.2, 0.25) is 0 Å². The lowest BCUT2D eigenvalue weighted by molar-refractivity contribution is -0.139. The molecule has 3 saturated heterocycles. The first-order valence-electron chi connectivity index (χ1n) is 38.8. The maximum absolute atomic E-state index is 15.2. The van der Waals surface area contributed by atoms with Gasteiger partial charge in [-0.2, -0.15) is 0 Å². The zero-order valence-electron chi connectivity index (χ0n) is 71.9. The van der Waals surface area contributed by atoms with Crippen molar-refractivity contribution in [2.75, 3.05) is 108 Å². The second-order valence-corrected chi connectivity index (χ2v) is 28.4. The molecule has 0 spiro atoms. The van der Waals surface area contributed by atoms with Crippen LogP contribution < -0.4 is 41.8 Å². The van der Waals surface area contributed by atoms with Crippen molar-refractivity contribution in [2.45, 2.75) is 74.2 Å². The number of carbonyl (C=O) groups is 12. The molecule has 3 aliphatic heterocycles. The number of esters is 3. The fraction of sp³-hybridized carbons (Fsp3) is 0.273. The number of rotatable bonds is 25. The molecule has 134 heavy (non-hydrogen) atoms. The maximum atomic E-state index is 15.2. The molecule has 4 heterocycles. The monoisotopic (exact) mass is 1920 g/mol. The van der Waals surface area contributed by atoms with E-state index in [0.717, 1.165) is 53.1 Å². The van der Waals surface area contributed by atoms with E-state index in [1.54, 1.807) is 24.1 Å². The van der Waals surface area contributed by atoms with E-state index >= 15 is 4.39 Å². The average molecular weight is 1920 g/mol. The number of aliphatic hydroxyl groups excluding tert-OH is 1. The smallest absolute Gasteiger partial charge is 0.414 e. The number of benzene rings is 7. The van der Waals surface area contributed by atoms with Crippen molar-refractivity contribution in [3.63, 3.8) is 0 Å². The molecule has 6 N–H and O–H groups in total. The lowest BCUT2D eigenvalue weighted by atomic mass is 10.0. The first-order valence-corrected chi connectivity index (χ1v) is 39.2. The van der Waals surface area contributed by atoms with Crippen molar-refractivity contribution in [1.29, 1.82) is 0 Å². The molecule has 31 nitrogen and oxygen atoms in total. The van der Waals surface area contributed by atoms with Crippen molar-refractivity contribution in [3.05, 3.63) is 253 Å². The topological polar surface area (TPSA) is 393 Å². The largest absolute Gasteiger partial charge is 0.506 e. The van der Waals surface area contributed by atoms with Crippen molar-refractivity contribution in [3.8, 4) is 5.69 Å². The Morgan fingerprint density at radius 3 is 1.32 bits per heavy atom. The fourth-order valence-electron chi connectivity index (χ4n) is 11.4. The van der Waals surface area contributed by atoms with Gasteiger partial charge in [0, 0.05) is 110 Å². The molecule has 3 unspecified atom stereocenters. The van der Waals surface area contributed by atoms with E-state index in [1.807, 2.05) is 14.1 Å². The Labute approximate surface area is 758 Å². The molecule has 7 aromatic carbocycles. The van der Waals surface area contributed by atoms with Gasteiger partial charge in [-0.1, -0.05) is 7.43 Å². The summed E-state index contributed by atoms with van der Waals surface area (Å²) in [5.41, 5.74) is 0.789. The minimum atomic E-state index is -1.51. The number of anilines is 4. The van der Waals surface area contributed by atoms with Gasteiger partial charge in [0.2, 0.25) is 23.5 Å². The number of nitrogen functional groups attached to an aromatic ring is 1. The van der Waals surface area contributed by atoms with Crippen LogP contribution in [0.25, 0.3) is 22.3 Å². The number of Topliss-reactive ketones (excluding diaryl/α,β-unsaturated/α-hetero) is 2. The highest BCUT2D eigenvalue weighted by atomic mass is 35.5. The van der Waals surface area contributed by atoms with E-state index in [9.17, 15) is 125 Å². The van der Waals surface area contributed by atoms with Gasteiger partial charge in [-0.05, 0) is 118 Å². The summed E-state index contributed by atoms with van der Waals surface area (Å²) in [6.07, 6.45) is 2.14. The first-order chi connectivity index (χ1) is 62.5. The van der Waals surface area contributed by atoms with Gasteiger partial charge in [-0.25, -0.2) is 90.2 Å². The molecule has 0 aliphatic carbocycles. The van der Waals surface area contributed by atoms with Crippen LogP contribution in [0, 0.1) is 81.4 Å². The van der Waals surface area contributed by atoms with E-state index in [1.165, 1.54) is 99.8 Å². The number of halogens is 15. The molecule has 3 fully saturated rings. The molecule has 46 heteroatoms. The molecule has 6 amide bonds. The molecule has 0 bridgehead atoms. The number of nitrogens with one attached hydrogen (secondary N) is 3. The van der Waals surface area contributed by atoms with Crippen LogP contribution in [-0.2, 0) is 57.2 Å². The third-order valence-corrected chi connectivity index (χ3v) is 17.8. The first kappa shape index (κ1) is 109. The molecular formula is C88H86ClF14N11O20. The molecular weight excluding hydrogens is 1830 g/mol. The number of hydrogen-bond donors (Lipinski definition) is 5. The van der Waals surface area contributed by atoms with Crippen LogP contribution in [0.15, 0.2) is 149 Å². The summed E-state index contributed by atoms with van der Waals surface area (Å²) in [5.74, 6) is -23.2. The van der Waals surface area contributed by atoms with Crippen molar-refractivity contribution < 1.29 is 153 Å². The summed E-state index contributed by atoms with van der Waals surface area (Å²) in [6, 6.07) is 14.6. The number of carbonyl (C=O) groups excluding carboxylic acids is 12. The molecule has 718 valence electrons. The summed E-state index contributed by atoms with van der Waals surface area (Å²) >= 11 is 4.86. The average Bonchev–Trinajstić information content (AvgIpc) is 1.20. The molecule has 11 rings (SSSR count). The predicted molar refractivity (Wildman–Crippen MR) is 458 cm³/mol. The normalized spacial score (nSPS) is 14.3. The summed E-state index contributed by atoms with van der Waals surface area (Å²) in [6.45, 7) is 11.0. The van der Waals surface area contributed by atoms with Crippen molar-refractivity contribution in [1.82, 2.24) is 30.3 Å². The zero-order valence-corrected chi connectivity index (χ0v) is 72.6. The van der Waals surface area contributed by atoms with Crippen LogP contribution in [0.1, 0.15) is 92.5 Å². The number of fused-ring (bicyclic) bond motifs is 1. The summed E-state index contributed by atoms with van der Waals surface area (Å²) < 4.78 is 219. The van der Waals surface area contributed by atoms with Gasteiger partial charge in [0.1, 0.15) is 64.3 Å². The van der Waals surface area contributed by atoms with Crippen molar-refractivity contribution >= 4 is 134 Å². The highest BCUT2D eigenvalue weighted by molar-refractivity contribution is 6.67. The SMILES string of the molecule is C.CC(=O)NCC1CN(c2ccc(-n3cc(C(C)=O)c(=O)c4cc(F)c(F)cc43)c(F)c2)C(=O)O1.CC(=O)NCC1CN(c2ccc(N)c(F)c2)C(=O)O1.CCOC(=O)/C(=C\N(C)C)C(=O)c1cc(F)c(F)cc1F.CCOC(=O)C(C=Nc1ccc(N2CC(CNC(C)=O)OC2=O)cc1F)=C(O)c1cc(F)c(F)cc1F.CCOC(=O)C=CN(C)C.O=C(Cl)c1cc(F)c(F)cc1F. The Hall–Kier alpha value is -15.2. The number of pyridine rings is 1. The van der Waals surface area contributed by atoms with E-state index in [4.69, 9.17) is 41.0 Å². The third-order valence-electron chi connectivity index (χ3n) is 17.6. The van der Waals surface area contributed by atoms with Gasteiger partial charge in [0.15, 0.2) is 63.6 Å². The maximum Gasteiger partial charge on any atom is 0.414 e. The van der Waals surface area contributed by atoms with Gasteiger partial charge >= 0.3 is 36.2 Å². The van der Waals surface area contributed by atoms with Crippen molar-refractivity contribution in [2.24, 2.45) is 4.99 Å². The van der Waals surface area contributed by atoms with E-state index in [-0.39, 0.29) is 147 Å². The number of nitrogens with zero attached hydrogens (tertiary/aromatic N) is 7. The molecule has 1 aromatic heterocycles. The minimum Gasteiger partial charge on any atom is -0.506 e. The Morgan fingerprint density at radius 2 is 0.896 bits per heavy atom. The Bertz CT molecular complexity index is 5980. The second-order valence-electron chi connectivity index (χ2n) is 28.1. The number of ketones is 2. The number of aromatic nitrogens is 1. The van der Waals surface area contributed by atoms with Gasteiger partial charge in [-0.15, -0.1) is 0 Å². The van der Waals surface area contributed by atoms with Crippen LogP contribution in [0.4, 0.5) is 104 Å². The zero-order chi connectivity index (χ0) is 99.4. The highest BCUT2D eigenvalue weighted by Crippen LogP contribution is 2.33. The highest BCUT2D eigenvalue weighted by Gasteiger charge is 2.37. The molecule has 3 atom stereocenters. The fourth-order valence-corrected chi connectivity index (χ4v) is 11.5. The Morgan fingerprint density at radius 1 is 0.493 bits per heavy atom. The van der Waals surface area contributed by atoms with Gasteiger partial charge in [0.25, 0.3) is 5.24 Å². The number of amides is 6. The molecule has 3 aliphatic rings. The molecule has 0 saturated carbocycles. The predicted octanol–water partition coefficient (Wildman–Crippen LogP) is 13.9. The summed E-state index contributed by atoms with van der Waals surface area (Å²) in [5, 5.41) is 16.6. The third kappa shape index (κ3) is 30.7. The lowest BCUT2D eigenvalue weighted by Crippen LogP contribution is -2.33.